The minimum absolute atomic E-state index is 0.301. The van der Waals surface area contributed by atoms with E-state index in [1.54, 1.807) is 13.8 Å². The van der Waals surface area contributed by atoms with Crippen LogP contribution < -0.4 is 5.73 Å². The molecule has 0 saturated carbocycles. The summed E-state index contributed by atoms with van der Waals surface area (Å²) < 4.78 is 23.5. The molecule has 0 saturated heterocycles. The van der Waals surface area contributed by atoms with E-state index in [0.29, 0.717) is 13.2 Å². The number of nitrogens with two attached hydrogens (primary N) is 1. The molecule has 0 aromatic heterocycles. The second-order valence-electron chi connectivity index (χ2n) is 4.39. The second-order valence-corrected chi connectivity index (χ2v) is 6.54. The van der Waals surface area contributed by atoms with Crippen LogP contribution in [0.4, 0.5) is 0 Å². The van der Waals surface area contributed by atoms with Gasteiger partial charge >= 0.3 is 7.60 Å². The van der Waals surface area contributed by atoms with Crippen molar-refractivity contribution in [2.75, 3.05) is 13.2 Å². The van der Waals surface area contributed by atoms with Crippen molar-refractivity contribution in [2.45, 2.75) is 19.6 Å². The Hall–Kier alpha value is -1.19. The highest BCUT2D eigenvalue weighted by atomic mass is 31.2. The highest BCUT2D eigenvalue weighted by molar-refractivity contribution is 7.54. The Labute approximate surface area is 119 Å². The van der Waals surface area contributed by atoms with Crippen LogP contribution in [0.2, 0.25) is 0 Å². The summed E-state index contributed by atoms with van der Waals surface area (Å²) in [5.74, 6) is -0.784. The summed E-state index contributed by atoms with van der Waals surface area (Å²) in [5, 5.41) is 2.03. The lowest BCUT2D eigenvalue weighted by Crippen LogP contribution is -2.15. The lowest BCUT2D eigenvalue weighted by Gasteiger charge is -2.24. The lowest BCUT2D eigenvalue weighted by atomic mass is 10.0. The first-order valence-corrected chi connectivity index (χ1v) is 8.35. The molecular weight excluding hydrogens is 273 g/mol. The molecule has 1 atom stereocenters. The fourth-order valence-corrected chi connectivity index (χ4v) is 3.92. The van der Waals surface area contributed by atoms with Crippen LogP contribution in [0.3, 0.4) is 0 Å². The zero-order chi connectivity index (χ0) is 14.6. The van der Waals surface area contributed by atoms with Gasteiger partial charge in [-0.3, -0.25) is 4.57 Å². The Balaban J connectivity index is 2.49. The monoisotopic (exact) mass is 293 g/mol. The van der Waals surface area contributed by atoms with Gasteiger partial charge in [-0.2, -0.15) is 0 Å². The molecule has 0 fully saturated rings. The average molecular weight is 293 g/mol. The third kappa shape index (κ3) is 2.94. The summed E-state index contributed by atoms with van der Waals surface area (Å²) in [6.07, 6.45) is 0. The minimum atomic E-state index is -3.36. The molecule has 2 aromatic carbocycles. The van der Waals surface area contributed by atoms with Crippen molar-refractivity contribution in [2.24, 2.45) is 5.73 Å². The first-order valence-electron chi connectivity index (χ1n) is 6.74. The molecule has 0 heterocycles. The normalized spacial score (nSPS) is 13.6. The molecule has 1 unspecified atom stereocenters. The third-order valence-electron chi connectivity index (χ3n) is 3.10. The zero-order valence-corrected chi connectivity index (χ0v) is 12.7. The fraction of sp³-hybridized carbons (Fsp3) is 0.333. The fourth-order valence-electron chi connectivity index (χ4n) is 2.24. The number of hydrogen-bond donors (Lipinski definition) is 1. The third-order valence-corrected chi connectivity index (χ3v) is 5.30. The highest BCUT2D eigenvalue weighted by Crippen LogP contribution is 2.58. The van der Waals surface area contributed by atoms with E-state index in [2.05, 4.69) is 0 Å². The molecule has 20 heavy (non-hydrogen) atoms. The van der Waals surface area contributed by atoms with E-state index in [4.69, 9.17) is 14.8 Å². The van der Waals surface area contributed by atoms with Crippen LogP contribution in [0.15, 0.2) is 42.5 Å². The maximum absolute atomic E-state index is 12.8. The molecule has 0 bridgehead atoms. The van der Waals surface area contributed by atoms with Crippen molar-refractivity contribution in [3.05, 3.63) is 48.0 Å². The zero-order valence-electron chi connectivity index (χ0n) is 11.8. The van der Waals surface area contributed by atoms with Crippen LogP contribution in [-0.2, 0) is 13.6 Å². The molecule has 2 N–H and O–H groups in total. The molecule has 0 spiro atoms. The molecular formula is C15H20NO3P. The van der Waals surface area contributed by atoms with Crippen LogP contribution in [0, 0.1) is 0 Å². The van der Waals surface area contributed by atoms with Crippen molar-refractivity contribution >= 4 is 18.4 Å². The molecule has 108 valence electrons. The largest absolute Gasteiger partial charge is 0.351 e. The summed E-state index contributed by atoms with van der Waals surface area (Å²) in [7, 11) is -3.36. The smallest absolute Gasteiger partial charge is 0.314 e. The van der Waals surface area contributed by atoms with Gasteiger partial charge in [0.15, 0.2) is 0 Å². The summed E-state index contributed by atoms with van der Waals surface area (Å²) in [4.78, 5) is 0. The Morgan fingerprint density at radius 3 is 2.30 bits per heavy atom. The van der Waals surface area contributed by atoms with E-state index < -0.39 is 13.4 Å². The van der Waals surface area contributed by atoms with E-state index >= 15 is 0 Å². The van der Waals surface area contributed by atoms with Crippen molar-refractivity contribution in [1.82, 2.24) is 0 Å². The molecule has 2 rings (SSSR count). The van der Waals surface area contributed by atoms with Gasteiger partial charge in [-0.05, 0) is 30.2 Å². The maximum Gasteiger partial charge on any atom is 0.351 e. The van der Waals surface area contributed by atoms with Crippen LogP contribution in [0.5, 0.6) is 0 Å². The van der Waals surface area contributed by atoms with Gasteiger partial charge in [-0.25, -0.2) is 0 Å². The molecule has 0 aliphatic rings. The van der Waals surface area contributed by atoms with E-state index in [9.17, 15) is 4.57 Å². The Morgan fingerprint density at radius 2 is 1.65 bits per heavy atom. The number of fused-ring (bicyclic) bond motifs is 1. The van der Waals surface area contributed by atoms with E-state index in [1.807, 2.05) is 42.5 Å². The van der Waals surface area contributed by atoms with Crippen LogP contribution in [-0.4, -0.2) is 13.2 Å². The van der Waals surface area contributed by atoms with E-state index in [-0.39, 0.29) is 0 Å². The predicted molar refractivity (Wildman–Crippen MR) is 81.7 cm³/mol. The van der Waals surface area contributed by atoms with Crippen molar-refractivity contribution in [3.63, 3.8) is 0 Å². The van der Waals surface area contributed by atoms with Gasteiger partial charge in [0.25, 0.3) is 0 Å². The maximum atomic E-state index is 12.8. The number of hydrogen-bond acceptors (Lipinski definition) is 4. The number of rotatable bonds is 6. The second kappa shape index (κ2) is 6.51. The SMILES string of the molecule is CCOP(=O)(OCC)C(N)c1cccc2ccccc12. The van der Waals surface area contributed by atoms with Crippen molar-refractivity contribution < 1.29 is 13.6 Å². The molecule has 4 nitrogen and oxygen atoms in total. The highest BCUT2D eigenvalue weighted by Gasteiger charge is 2.34. The van der Waals surface area contributed by atoms with Crippen molar-refractivity contribution in [1.29, 1.82) is 0 Å². The molecule has 0 aliphatic carbocycles. The summed E-state index contributed by atoms with van der Waals surface area (Å²) >= 11 is 0. The topological polar surface area (TPSA) is 61.5 Å². The Morgan fingerprint density at radius 1 is 1.05 bits per heavy atom. The first-order chi connectivity index (χ1) is 9.62. The molecule has 5 heteroatoms. The lowest BCUT2D eigenvalue weighted by molar-refractivity contribution is 0.212. The quantitative estimate of drug-likeness (QED) is 0.816. The van der Waals surface area contributed by atoms with E-state index in [0.717, 1.165) is 16.3 Å². The molecule has 0 amide bonds. The standard InChI is InChI=1S/C15H20NO3P/c1-3-18-20(17,19-4-2)15(16)14-11-7-9-12-8-5-6-10-13(12)14/h5-11,15H,3-4,16H2,1-2H3. The summed E-state index contributed by atoms with van der Waals surface area (Å²) in [6.45, 7) is 4.16. The molecule has 0 aliphatic heterocycles. The van der Waals surface area contributed by atoms with Gasteiger partial charge in [0.1, 0.15) is 5.78 Å². The molecule has 2 aromatic rings. The van der Waals surface area contributed by atoms with Crippen LogP contribution >= 0.6 is 7.60 Å². The summed E-state index contributed by atoms with van der Waals surface area (Å²) in [6, 6.07) is 13.6. The van der Waals surface area contributed by atoms with Gasteiger partial charge < -0.3 is 14.8 Å². The van der Waals surface area contributed by atoms with Gasteiger partial charge in [0, 0.05) is 0 Å². The van der Waals surface area contributed by atoms with Gasteiger partial charge in [0.05, 0.1) is 13.2 Å². The first kappa shape index (κ1) is 15.2. The Bertz CT molecular complexity index is 614. The average Bonchev–Trinajstić information content (AvgIpc) is 2.46. The van der Waals surface area contributed by atoms with Crippen LogP contribution in [0.1, 0.15) is 25.2 Å². The van der Waals surface area contributed by atoms with Crippen LogP contribution in [0.25, 0.3) is 10.8 Å². The van der Waals surface area contributed by atoms with Gasteiger partial charge in [-0.15, -0.1) is 0 Å². The van der Waals surface area contributed by atoms with Gasteiger partial charge in [-0.1, -0.05) is 42.5 Å². The van der Waals surface area contributed by atoms with Gasteiger partial charge in [0.2, 0.25) is 0 Å². The Kier molecular flexibility index (Phi) is 4.95. The van der Waals surface area contributed by atoms with Crippen molar-refractivity contribution in [3.8, 4) is 0 Å². The molecule has 0 radical (unpaired) electrons. The number of benzene rings is 2. The summed E-state index contributed by atoms with van der Waals surface area (Å²) in [5.41, 5.74) is 6.98. The predicted octanol–water partition coefficient (Wildman–Crippen LogP) is 4.06. The van der Waals surface area contributed by atoms with E-state index in [1.165, 1.54) is 0 Å². The minimum Gasteiger partial charge on any atom is -0.314 e.